The molecule has 0 unspecified atom stereocenters. The van der Waals surface area contributed by atoms with Crippen LogP contribution in [0.25, 0.3) is 33.4 Å². The highest BCUT2D eigenvalue weighted by atomic mass is 32.2. The van der Waals surface area contributed by atoms with E-state index in [-0.39, 0.29) is 6.47 Å². The van der Waals surface area contributed by atoms with Crippen LogP contribution in [0.3, 0.4) is 0 Å². The Morgan fingerprint density at radius 2 is 1.97 bits per heavy atom. The van der Waals surface area contributed by atoms with E-state index in [1.165, 1.54) is 0 Å². The Morgan fingerprint density at radius 1 is 1.17 bits per heavy atom. The molecular formula is C21H22N5O3S+. The molecule has 0 amide bonds. The Balaban J connectivity index is 0.000000806. The first-order valence-electron chi connectivity index (χ1n) is 9.18. The lowest BCUT2D eigenvalue weighted by Crippen LogP contribution is -2.75. The Morgan fingerprint density at radius 3 is 2.73 bits per heavy atom. The number of quaternary nitrogens is 1. The third-order valence-corrected chi connectivity index (χ3v) is 4.89. The summed E-state index contributed by atoms with van der Waals surface area (Å²) in [7, 11) is 1.65. The van der Waals surface area contributed by atoms with E-state index in [4.69, 9.17) is 14.7 Å². The Kier molecular flexibility index (Phi) is 7.50. The van der Waals surface area contributed by atoms with E-state index in [9.17, 15) is 0 Å². The molecule has 0 bridgehead atoms. The van der Waals surface area contributed by atoms with Crippen LogP contribution in [0.5, 0.6) is 0 Å². The smallest absolute Gasteiger partial charge is 0.290 e. The predicted octanol–water partition coefficient (Wildman–Crippen LogP) is 3.26. The molecule has 9 heteroatoms. The highest BCUT2D eigenvalue weighted by molar-refractivity contribution is 7.99. The monoisotopic (exact) mass is 424 g/mol. The highest BCUT2D eigenvalue weighted by Gasteiger charge is 2.12. The number of hydrogen-bond donors (Lipinski definition) is 3. The molecule has 30 heavy (non-hydrogen) atoms. The van der Waals surface area contributed by atoms with Gasteiger partial charge in [-0.25, -0.2) is 9.82 Å². The van der Waals surface area contributed by atoms with E-state index < -0.39 is 0 Å². The number of hydrogen-bond acceptors (Lipinski definition) is 6. The molecule has 0 aliphatic carbocycles. The normalized spacial score (nSPS) is 10.5. The maximum Gasteiger partial charge on any atom is 0.290 e. The molecule has 0 saturated carbocycles. The van der Waals surface area contributed by atoms with E-state index in [2.05, 4.69) is 57.4 Å². The van der Waals surface area contributed by atoms with Gasteiger partial charge in [0, 0.05) is 29.3 Å². The van der Waals surface area contributed by atoms with Gasteiger partial charge in [-0.1, -0.05) is 30.8 Å². The lowest BCUT2D eigenvalue weighted by Gasteiger charge is -2.07. The molecule has 8 nitrogen and oxygen atoms in total. The number of carbonyl (C=O) groups is 1. The topological polar surface area (TPSA) is 118 Å². The number of rotatable bonds is 6. The maximum absolute atomic E-state index is 8.36. The minimum atomic E-state index is -0.250. The van der Waals surface area contributed by atoms with Gasteiger partial charge in [0.15, 0.2) is 11.5 Å². The van der Waals surface area contributed by atoms with Crippen molar-refractivity contribution in [2.45, 2.75) is 12.1 Å². The Hall–Kier alpha value is -3.27. The van der Waals surface area contributed by atoms with Gasteiger partial charge in [0.25, 0.3) is 6.47 Å². The van der Waals surface area contributed by atoms with Crippen LogP contribution >= 0.6 is 11.8 Å². The van der Waals surface area contributed by atoms with E-state index in [1.807, 2.05) is 24.4 Å². The van der Waals surface area contributed by atoms with Gasteiger partial charge < -0.3 is 5.11 Å². The van der Waals surface area contributed by atoms with Crippen LogP contribution in [0.4, 0.5) is 5.69 Å². The fourth-order valence-electron chi connectivity index (χ4n) is 2.98. The number of nitrogens with two attached hydrogens (primary N) is 1. The van der Waals surface area contributed by atoms with Crippen LogP contribution in [0.15, 0.2) is 59.9 Å². The van der Waals surface area contributed by atoms with Crippen molar-refractivity contribution in [1.82, 2.24) is 20.2 Å². The van der Waals surface area contributed by atoms with Crippen molar-refractivity contribution in [2.75, 3.05) is 12.9 Å². The lowest BCUT2D eigenvalue weighted by molar-refractivity contribution is -0.830. The van der Waals surface area contributed by atoms with Crippen LogP contribution in [-0.4, -0.2) is 44.6 Å². The molecule has 0 aliphatic rings. The van der Waals surface area contributed by atoms with Crippen molar-refractivity contribution in [2.24, 2.45) is 0 Å². The molecule has 0 spiro atoms. The Labute approximate surface area is 177 Å². The number of pyridine rings is 1. The summed E-state index contributed by atoms with van der Waals surface area (Å²) in [5.41, 5.74) is 6.86. The molecule has 2 aromatic carbocycles. The molecule has 0 saturated heterocycles. The van der Waals surface area contributed by atoms with Crippen molar-refractivity contribution in [3.63, 3.8) is 0 Å². The summed E-state index contributed by atoms with van der Waals surface area (Å²) in [6, 6.07) is 16.6. The third-order valence-electron chi connectivity index (χ3n) is 4.16. The second-order valence-electron chi connectivity index (χ2n) is 6.11. The van der Waals surface area contributed by atoms with Gasteiger partial charge >= 0.3 is 0 Å². The number of benzene rings is 2. The molecule has 2 heterocycles. The van der Waals surface area contributed by atoms with E-state index >= 15 is 0 Å². The van der Waals surface area contributed by atoms with Gasteiger partial charge in [-0.3, -0.25) is 14.9 Å². The van der Waals surface area contributed by atoms with Crippen LogP contribution in [-0.2, 0) is 9.63 Å². The molecule has 4 aromatic rings. The van der Waals surface area contributed by atoms with Gasteiger partial charge in [0.1, 0.15) is 0 Å². The molecular weight excluding hydrogens is 402 g/mol. The zero-order valence-corrected chi connectivity index (χ0v) is 17.4. The summed E-state index contributed by atoms with van der Waals surface area (Å²) in [6.07, 6.45) is 1.81. The number of carboxylic acid groups (broad SMARTS) is 1. The van der Waals surface area contributed by atoms with Crippen LogP contribution in [0.1, 0.15) is 6.92 Å². The number of aromatic amines is 1. The van der Waals surface area contributed by atoms with E-state index in [0.29, 0.717) is 0 Å². The van der Waals surface area contributed by atoms with Crippen molar-refractivity contribution in [3.05, 3.63) is 54.7 Å². The van der Waals surface area contributed by atoms with Gasteiger partial charge in [-0.05, 0) is 41.1 Å². The lowest BCUT2D eigenvalue weighted by atomic mass is 10.00. The first kappa shape index (κ1) is 21.4. The fraction of sp³-hybridized carbons (Fsp3) is 0.143. The fourth-order valence-corrected chi connectivity index (χ4v) is 3.51. The number of H-pyrrole nitrogens is 1. The molecule has 0 aliphatic heterocycles. The molecule has 0 atom stereocenters. The van der Waals surface area contributed by atoms with Gasteiger partial charge in [0.05, 0.1) is 12.6 Å². The number of fused-ring (bicyclic) bond motifs is 1. The predicted molar refractivity (Wildman–Crippen MR) is 116 cm³/mol. The summed E-state index contributed by atoms with van der Waals surface area (Å²) in [6.45, 7) is 1.83. The van der Waals surface area contributed by atoms with E-state index in [0.717, 1.165) is 50.0 Å². The van der Waals surface area contributed by atoms with Gasteiger partial charge in [-0.2, -0.15) is 5.48 Å². The summed E-state index contributed by atoms with van der Waals surface area (Å²) < 4.78 is 0. The minimum absolute atomic E-state index is 0.250. The van der Waals surface area contributed by atoms with Gasteiger partial charge in [-0.15, -0.1) is 5.10 Å². The van der Waals surface area contributed by atoms with Crippen LogP contribution in [0, 0.1) is 0 Å². The standard InChI is InChI=1S/C20H19N5OS.CH2O2/c1-3-27-20-22-19(23-24-20)16-10-15(11-17(12-16)25-26-2)13-6-7-18-14(9-13)5-4-8-21-18;2-1-3/h4-12,25H,3H2,1-2H3,(H,22,23,24);1H,(H,2,3)/p+1. The first-order chi connectivity index (χ1) is 14.7. The van der Waals surface area contributed by atoms with Gasteiger partial charge in [0.2, 0.25) is 5.16 Å². The molecule has 0 fully saturated rings. The largest absolute Gasteiger partial charge is 0.483 e. The van der Waals surface area contributed by atoms with Crippen molar-refractivity contribution in [1.29, 1.82) is 0 Å². The van der Waals surface area contributed by atoms with E-state index in [1.54, 1.807) is 24.4 Å². The third kappa shape index (κ3) is 5.20. The number of nitrogens with zero attached hydrogens (tertiary/aromatic N) is 3. The molecule has 0 radical (unpaired) electrons. The van der Waals surface area contributed by atoms with Crippen molar-refractivity contribution in [3.8, 4) is 22.5 Å². The number of nitrogens with one attached hydrogen (secondary N) is 1. The maximum atomic E-state index is 8.36. The average molecular weight is 425 g/mol. The quantitative estimate of drug-likeness (QED) is 0.188. The highest BCUT2D eigenvalue weighted by Crippen LogP contribution is 2.30. The Bertz CT molecular complexity index is 1130. The van der Waals surface area contributed by atoms with Crippen molar-refractivity contribution >= 4 is 34.8 Å². The zero-order valence-electron chi connectivity index (χ0n) is 16.6. The first-order valence-corrected chi connectivity index (χ1v) is 10.2. The number of thioether (sulfide) groups is 1. The minimum Gasteiger partial charge on any atom is -0.483 e. The zero-order chi connectivity index (χ0) is 21.3. The second kappa shape index (κ2) is 10.5. The summed E-state index contributed by atoms with van der Waals surface area (Å²) >= 11 is 1.61. The molecule has 4 N–H and O–H groups in total. The summed E-state index contributed by atoms with van der Waals surface area (Å²) in [5, 5.41) is 16.1. The molecule has 4 rings (SSSR count). The number of aromatic nitrogens is 4. The second-order valence-corrected chi connectivity index (χ2v) is 7.34. The SMILES string of the molecule is CCSc1n[nH]c(-c2cc([NH2+]OC)cc(-c3ccc4ncccc4c3)c2)n1.O=CO. The molecule has 154 valence electrons. The summed E-state index contributed by atoms with van der Waals surface area (Å²) in [4.78, 5) is 22.6. The molecule has 2 aromatic heterocycles. The van der Waals surface area contributed by atoms with Crippen molar-refractivity contribution < 1.29 is 20.2 Å². The van der Waals surface area contributed by atoms with Crippen LogP contribution in [0.2, 0.25) is 0 Å². The van der Waals surface area contributed by atoms with Crippen LogP contribution < -0.4 is 5.48 Å². The summed E-state index contributed by atoms with van der Waals surface area (Å²) in [5.74, 6) is 1.69. The average Bonchev–Trinajstić information content (AvgIpc) is 3.23.